The van der Waals surface area contributed by atoms with E-state index >= 15 is 0 Å². The molecule has 0 rings (SSSR count). The third-order valence-corrected chi connectivity index (χ3v) is 1.60. The zero-order valence-corrected chi connectivity index (χ0v) is 7.86. The average molecular weight is 200 g/mol. The molecule has 0 radical (unpaired) electrons. The zero-order chi connectivity index (χ0) is 9.61. The lowest BCUT2D eigenvalue weighted by molar-refractivity contribution is -0.00547. The third-order valence-electron chi connectivity index (χ3n) is 1.11. The van der Waals surface area contributed by atoms with Gasteiger partial charge in [0, 0.05) is 14.2 Å². The van der Waals surface area contributed by atoms with Crippen LogP contribution in [-0.2, 0) is 18.6 Å². The van der Waals surface area contributed by atoms with Crippen LogP contribution >= 0.6 is 7.82 Å². The molecule has 2 N–H and O–H groups in total. The molecule has 1 unspecified atom stereocenters. The van der Waals surface area contributed by atoms with Crippen LogP contribution < -0.4 is 0 Å². The molecule has 0 saturated carbocycles. The largest absolute Gasteiger partial charge is 0.469 e. The Bertz CT molecular complexity index is 154. The van der Waals surface area contributed by atoms with E-state index in [1.54, 1.807) is 0 Å². The minimum Gasteiger partial charge on any atom is -0.382 e. The van der Waals surface area contributed by atoms with Crippen LogP contribution in [0, 0.1) is 0 Å². The van der Waals surface area contributed by atoms with Crippen LogP contribution in [0.2, 0.25) is 0 Å². The van der Waals surface area contributed by atoms with Crippen molar-refractivity contribution in [2.45, 2.75) is 6.10 Å². The molecular formula is C5H13O6P. The van der Waals surface area contributed by atoms with Crippen LogP contribution in [0.3, 0.4) is 0 Å². The van der Waals surface area contributed by atoms with Crippen LogP contribution in [0.15, 0.2) is 0 Å². The first-order valence-electron chi connectivity index (χ1n) is 3.21. The predicted molar refractivity (Wildman–Crippen MR) is 40.7 cm³/mol. The highest BCUT2D eigenvalue weighted by Crippen LogP contribution is 2.35. The number of hydrogen-bond acceptors (Lipinski definition) is 4. The molecule has 74 valence electrons. The van der Waals surface area contributed by atoms with Gasteiger partial charge in [-0.2, -0.15) is 0 Å². The van der Waals surface area contributed by atoms with Crippen molar-refractivity contribution in [2.24, 2.45) is 0 Å². The van der Waals surface area contributed by atoms with Gasteiger partial charge < -0.3 is 19.3 Å². The minimum absolute atomic E-state index is 0.186. The van der Waals surface area contributed by atoms with Crippen molar-refractivity contribution in [2.75, 3.05) is 27.4 Å². The molecule has 0 aromatic carbocycles. The van der Waals surface area contributed by atoms with Gasteiger partial charge >= 0.3 is 7.82 Å². The summed E-state index contributed by atoms with van der Waals surface area (Å²) in [6.07, 6.45) is -0.456. The Balaban J connectivity index is 3.65. The van der Waals surface area contributed by atoms with Gasteiger partial charge in [-0.3, -0.25) is 4.52 Å². The molecule has 6 nitrogen and oxygen atoms in total. The second-order valence-electron chi connectivity index (χ2n) is 2.10. The Hall–Kier alpha value is 0.0300. The molecular weight excluding hydrogens is 187 g/mol. The fourth-order valence-electron chi connectivity index (χ4n) is 0.550. The SMILES string of the molecule is COCC(COP(=O)(O)O)OC. The molecule has 0 aliphatic heterocycles. The maximum Gasteiger partial charge on any atom is 0.469 e. The second-order valence-corrected chi connectivity index (χ2v) is 3.34. The summed E-state index contributed by atoms with van der Waals surface area (Å²) in [5.41, 5.74) is 0. The van der Waals surface area contributed by atoms with E-state index in [0.29, 0.717) is 0 Å². The average Bonchev–Trinajstić information content (AvgIpc) is 1.96. The predicted octanol–water partition coefficient (Wildman–Crippen LogP) is -0.243. The van der Waals surface area contributed by atoms with Crippen LogP contribution in [0.4, 0.5) is 0 Å². The van der Waals surface area contributed by atoms with E-state index in [4.69, 9.17) is 19.3 Å². The smallest absolute Gasteiger partial charge is 0.382 e. The summed E-state index contributed by atoms with van der Waals surface area (Å²) in [5, 5.41) is 0. The number of phosphoric acid groups is 1. The van der Waals surface area contributed by atoms with E-state index in [0.717, 1.165) is 0 Å². The second kappa shape index (κ2) is 5.64. The Morgan fingerprint density at radius 1 is 1.33 bits per heavy atom. The van der Waals surface area contributed by atoms with Gasteiger partial charge in [0.1, 0.15) is 6.10 Å². The van der Waals surface area contributed by atoms with Gasteiger partial charge in [0.2, 0.25) is 0 Å². The Morgan fingerprint density at radius 2 is 1.92 bits per heavy atom. The van der Waals surface area contributed by atoms with E-state index in [1.165, 1.54) is 14.2 Å². The summed E-state index contributed by atoms with van der Waals surface area (Å²) in [6, 6.07) is 0. The van der Waals surface area contributed by atoms with Gasteiger partial charge in [-0.05, 0) is 0 Å². The van der Waals surface area contributed by atoms with E-state index in [-0.39, 0.29) is 13.2 Å². The summed E-state index contributed by atoms with van der Waals surface area (Å²) in [7, 11) is -1.52. The summed E-state index contributed by atoms with van der Waals surface area (Å²) in [4.78, 5) is 16.6. The highest BCUT2D eigenvalue weighted by Gasteiger charge is 2.17. The molecule has 0 saturated heterocycles. The van der Waals surface area contributed by atoms with Crippen LogP contribution in [0.5, 0.6) is 0 Å². The summed E-state index contributed by atoms with van der Waals surface area (Å²) >= 11 is 0. The first kappa shape index (κ1) is 12.0. The number of ether oxygens (including phenoxy) is 2. The van der Waals surface area contributed by atoms with Gasteiger partial charge in [-0.25, -0.2) is 4.57 Å². The van der Waals surface area contributed by atoms with Gasteiger partial charge in [0.05, 0.1) is 13.2 Å². The van der Waals surface area contributed by atoms with Gasteiger partial charge in [-0.15, -0.1) is 0 Å². The maximum atomic E-state index is 10.2. The van der Waals surface area contributed by atoms with E-state index in [1.807, 2.05) is 0 Å². The maximum absolute atomic E-state index is 10.2. The molecule has 0 amide bonds. The van der Waals surface area contributed by atoms with Gasteiger partial charge in [-0.1, -0.05) is 0 Å². The standard InChI is InChI=1S/C5H13O6P/c1-9-3-5(10-2)4-11-12(6,7)8/h5H,3-4H2,1-2H3,(H2,6,7,8). The lowest BCUT2D eigenvalue weighted by Crippen LogP contribution is -2.22. The molecule has 12 heavy (non-hydrogen) atoms. The van der Waals surface area contributed by atoms with E-state index < -0.39 is 13.9 Å². The fourth-order valence-corrected chi connectivity index (χ4v) is 0.911. The molecule has 0 heterocycles. The molecule has 0 bridgehead atoms. The van der Waals surface area contributed by atoms with Crippen molar-refractivity contribution in [1.82, 2.24) is 0 Å². The van der Waals surface area contributed by atoms with Crippen LogP contribution in [-0.4, -0.2) is 43.3 Å². The number of hydrogen-bond donors (Lipinski definition) is 2. The molecule has 0 aliphatic carbocycles. The lowest BCUT2D eigenvalue weighted by atomic mass is 10.4. The van der Waals surface area contributed by atoms with Gasteiger partial charge in [0.25, 0.3) is 0 Å². The number of phosphoric ester groups is 1. The van der Waals surface area contributed by atoms with E-state index in [9.17, 15) is 4.57 Å². The molecule has 0 aromatic rings. The van der Waals surface area contributed by atoms with Crippen molar-refractivity contribution in [3.8, 4) is 0 Å². The normalized spacial score (nSPS) is 14.7. The van der Waals surface area contributed by atoms with Crippen molar-refractivity contribution in [3.05, 3.63) is 0 Å². The zero-order valence-electron chi connectivity index (χ0n) is 6.97. The Morgan fingerprint density at radius 3 is 2.25 bits per heavy atom. The summed E-state index contributed by atoms with van der Waals surface area (Å²) < 4.78 is 23.9. The molecule has 7 heteroatoms. The van der Waals surface area contributed by atoms with Crippen LogP contribution in [0.25, 0.3) is 0 Å². The highest BCUT2D eigenvalue weighted by atomic mass is 31.2. The van der Waals surface area contributed by atoms with Crippen molar-refractivity contribution in [3.63, 3.8) is 0 Å². The van der Waals surface area contributed by atoms with E-state index in [2.05, 4.69) is 4.52 Å². The molecule has 1 atom stereocenters. The fraction of sp³-hybridized carbons (Fsp3) is 1.00. The van der Waals surface area contributed by atoms with Crippen molar-refractivity contribution >= 4 is 7.82 Å². The first-order valence-corrected chi connectivity index (χ1v) is 4.74. The number of rotatable bonds is 6. The molecule has 0 fully saturated rings. The summed E-state index contributed by atoms with van der Waals surface area (Å²) in [6.45, 7) is 0.0467. The Labute approximate surface area is 70.7 Å². The molecule has 0 aliphatic rings. The molecule has 0 aromatic heterocycles. The minimum atomic E-state index is -4.39. The topological polar surface area (TPSA) is 85.2 Å². The highest BCUT2D eigenvalue weighted by molar-refractivity contribution is 7.46. The monoisotopic (exact) mass is 200 g/mol. The number of methoxy groups -OCH3 is 2. The molecule has 0 spiro atoms. The van der Waals surface area contributed by atoms with Crippen molar-refractivity contribution < 1.29 is 28.3 Å². The third kappa shape index (κ3) is 6.72. The lowest BCUT2D eigenvalue weighted by Gasteiger charge is -2.14. The quantitative estimate of drug-likeness (QED) is 0.575. The summed E-state index contributed by atoms with van der Waals surface area (Å²) in [5.74, 6) is 0. The van der Waals surface area contributed by atoms with Crippen molar-refractivity contribution in [1.29, 1.82) is 0 Å². The first-order chi connectivity index (χ1) is 5.49. The van der Waals surface area contributed by atoms with Crippen LogP contribution in [0.1, 0.15) is 0 Å². The Kier molecular flexibility index (Phi) is 5.65. The van der Waals surface area contributed by atoms with Gasteiger partial charge in [0.15, 0.2) is 0 Å².